The van der Waals surface area contributed by atoms with Gasteiger partial charge in [-0.05, 0) is 67.7 Å². The quantitative estimate of drug-likeness (QED) is 0.210. The Morgan fingerprint density at radius 2 is 1.55 bits per heavy atom. The van der Waals surface area contributed by atoms with Crippen molar-refractivity contribution < 1.29 is 24.2 Å². The lowest BCUT2D eigenvalue weighted by atomic mass is 9.83. The lowest BCUT2D eigenvalue weighted by Gasteiger charge is -2.31. The fraction of sp³-hybridized carbons (Fsp3) is 0.559. The summed E-state index contributed by atoms with van der Waals surface area (Å²) in [5.74, 6) is -3.00. The average Bonchev–Trinajstić information content (AvgIpc) is 3.03. The molecule has 0 aromatic heterocycles. The van der Waals surface area contributed by atoms with Crippen molar-refractivity contribution in [3.63, 3.8) is 0 Å². The van der Waals surface area contributed by atoms with Crippen LogP contribution in [0.4, 0.5) is 0 Å². The van der Waals surface area contributed by atoms with Crippen molar-refractivity contribution in [3.8, 4) is 11.1 Å². The normalized spacial score (nSPS) is 17.7. The number of aliphatic carboxylic acids is 1. The number of hydrogen-bond acceptors (Lipinski definition) is 5. The summed E-state index contributed by atoms with van der Waals surface area (Å²) in [4.78, 5) is 40.9. The predicted molar refractivity (Wildman–Crippen MR) is 164 cm³/mol. The Kier molecular flexibility index (Phi) is 12.8. The molecule has 0 spiro atoms. The number of nitrogens with one attached hydrogen (secondary N) is 2. The van der Waals surface area contributed by atoms with Crippen LogP contribution in [0.1, 0.15) is 63.4 Å². The fourth-order valence-corrected chi connectivity index (χ4v) is 6.11. The van der Waals surface area contributed by atoms with Gasteiger partial charge in [0.1, 0.15) is 12.0 Å². The van der Waals surface area contributed by atoms with E-state index in [0.717, 1.165) is 89.8 Å². The number of carboxylic acids is 1. The first-order valence-corrected chi connectivity index (χ1v) is 15.8. The van der Waals surface area contributed by atoms with E-state index in [1.807, 2.05) is 18.2 Å². The van der Waals surface area contributed by atoms with Crippen LogP contribution in [-0.2, 0) is 25.5 Å². The minimum Gasteiger partial charge on any atom is -0.481 e. The number of benzene rings is 2. The lowest BCUT2D eigenvalue weighted by molar-refractivity contribution is -0.148. The second-order valence-electron chi connectivity index (χ2n) is 11.7. The summed E-state index contributed by atoms with van der Waals surface area (Å²) in [6, 6.07) is 18.0. The van der Waals surface area contributed by atoms with Crippen LogP contribution < -0.4 is 10.6 Å². The van der Waals surface area contributed by atoms with E-state index >= 15 is 0 Å². The first kappa shape index (κ1) is 31.7. The van der Waals surface area contributed by atoms with E-state index in [-0.39, 0.29) is 18.2 Å². The van der Waals surface area contributed by atoms with Crippen LogP contribution in [-0.4, -0.2) is 73.2 Å². The van der Waals surface area contributed by atoms with Gasteiger partial charge in [-0.1, -0.05) is 80.3 Å². The third kappa shape index (κ3) is 9.95. The summed E-state index contributed by atoms with van der Waals surface area (Å²) in [5, 5.41) is 15.8. The van der Waals surface area contributed by atoms with Gasteiger partial charge >= 0.3 is 5.97 Å². The number of nitrogens with zero attached hydrogens (tertiary/aromatic N) is 1. The zero-order chi connectivity index (χ0) is 29.6. The standard InChI is InChI=1S/C34H47N3O5/c38-32(30(34(40)41)15-8-7-10-26-16-18-28(19-17-26)27-11-3-1-4-12-27)36-31(29-13-5-2-6-14-29)33(39)35-20-9-21-37-22-24-42-25-23-37/h1,3-4,11-12,16-19,29-31H,2,5-10,13-15,20-25H2,(H,35,39)(H,36,38)(H,40,41). The van der Waals surface area contributed by atoms with Gasteiger partial charge in [-0.25, -0.2) is 0 Å². The molecule has 2 unspecified atom stereocenters. The molecule has 1 aliphatic carbocycles. The number of carbonyl (C=O) groups excluding carboxylic acids is 2. The van der Waals surface area contributed by atoms with Crippen molar-refractivity contribution in [2.75, 3.05) is 39.4 Å². The number of carboxylic acid groups (broad SMARTS) is 1. The first-order chi connectivity index (χ1) is 20.5. The van der Waals surface area contributed by atoms with Crippen molar-refractivity contribution in [2.45, 2.75) is 70.3 Å². The van der Waals surface area contributed by atoms with Crippen molar-refractivity contribution in [1.82, 2.24) is 15.5 Å². The maximum Gasteiger partial charge on any atom is 0.316 e. The highest BCUT2D eigenvalue weighted by atomic mass is 16.5. The van der Waals surface area contributed by atoms with E-state index in [1.165, 1.54) is 11.1 Å². The summed E-state index contributed by atoms with van der Waals surface area (Å²) in [7, 11) is 0. The topological polar surface area (TPSA) is 108 Å². The van der Waals surface area contributed by atoms with Gasteiger partial charge in [0.2, 0.25) is 11.8 Å². The van der Waals surface area contributed by atoms with Crippen LogP contribution in [0.3, 0.4) is 0 Å². The Balaban J connectivity index is 1.25. The molecule has 2 aliphatic rings. The Morgan fingerprint density at radius 3 is 2.24 bits per heavy atom. The lowest BCUT2D eigenvalue weighted by Crippen LogP contribution is -2.53. The maximum absolute atomic E-state index is 13.2. The van der Waals surface area contributed by atoms with E-state index in [4.69, 9.17) is 4.74 Å². The molecule has 0 bridgehead atoms. The van der Waals surface area contributed by atoms with Crippen molar-refractivity contribution in [2.24, 2.45) is 11.8 Å². The van der Waals surface area contributed by atoms with Gasteiger partial charge in [-0.3, -0.25) is 19.3 Å². The summed E-state index contributed by atoms with van der Waals surface area (Å²) in [5.41, 5.74) is 3.52. The van der Waals surface area contributed by atoms with Gasteiger partial charge in [0.05, 0.1) is 13.2 Å². The van der Waals surface area contributed by atoms with Gasteiger partial charge < -0.3 is 20.5 Å². The van der Waals surface area contributed by atoms with Crippen LogP contribution in [0.5, 0.6) is 0 Å². The van der Waals surface area contributed by atoms with Gasteiger partial charge in [0.15, 0.2) is 0 Å². The molecule has 2 atom stereocenters. The number of rotatable bonds is 15. The zero-order valence-electron chi connectivity index (χ0n) is 24.8. The predicted octanol–water partition coefficient (Wildman–Crippen LogP) is 4.67. The summed E-state index contributed by atoms with van der Waals surface area (Å²) < 4.78 is 5.39. The number of hydrogen-bond donors (Lipinski definition) is 3. The number of carbonyl (C=O) groups is 3. The Labute approximate surface area is 250 Å². The fourth-order valence-electron chi connectivity index (χ4n) is 6.11. The second-order valence-corrected chi connectivity index (χ2v) is 11.7. The number of amides is 2. The van der Waals surface area contributed by atoms with Crippen LogP contribution in [0.25, 0.3) is 11.1 Å². The SMILES string of the molecule is O=C(O)C(CCCCc1ccc(-c2ccccc2)cc1)C(=O)NC(C(=O)NCCCN1CCOCC1)C1CCCCC1. The molecule has 2 fully saturated rings. The van der Waals surface area contributed by atoms with E-state index in [1.54, 1.807) is 0 Å². The molecule has 228 valence electrons. The van der Waals surface area contributed by atoms with E-state index < -0.39 is 23.8 Å². The largest absolute Gasteiger partial charge is 0.481 e. The number of unbranched alkanes of at least 4 members (excludes halogenated alkanes) is 1. The Hall–Kier alpha value is -3.23. The molecule has 0 radical (unpaired) electrons. The Morgan fingerprint density at radius 1 is 0.857 bits per heavy atom. The summed E-state index contributed by atoms with van der Waals surface area (Å²) in [6.07, 6.45) is 8.22. The molecule has 2 aromatic rings. The van der Waals surface area contributed by atoms with Crippen LogP contribution in [0.15, 0.2) is 54.6 Å². The molecule has 2 amide bonds. The average molecular weight is 578 g/mol. The van der Waals surface area contributed by atoms with Gasteiger partial charge in [0, 0.05) is 19.6 Å². The van der Waals surface area contributed by atoms with E-state index in [0.29, 0.717) is 13.0 Å². The Bertz CT molecular complexity index is 1110. The van der Waals surface area contributed by atoms with Gasteiger partial charge in [0.25, 0.3) is 0 Å². The van der Waals surface area contributed by atoms with E-state index in [2.05, 4.69) is 51.9 Å². The minimum absolute atomic E-state index is 0.0373. The van der Waals surface area contributed by atoms with Gasteiger partial charge in [-0.15, -0.1) is 0 Å². The van der Waals surface area contributed by atoms with Gasteiger partial charge in [-0.2, -0.15) is 0 Å². The molecular weight excluding hydrogens is 530 g/mol. The molecule has 4 rings (SSSR count). The number of ether oxygens (including phenoxy) is 1. The third-order valence-electron chi connectivity index (χ3n) is 8.64. The smallest absolute Gasteiger partial charge is 0.316 e. The zero-order valence-corrected chi connectivity index (χ0v) is 24.8. The third-order valence-corrected chi connectivity index (χ3v) is 8.64. The second kappa shape index (κ2) is 17.0. The molecule has 1 saturated heterocycles. The summed E-state index contributed by atoms with van der Waals surface area (Å²) >= 11 is 0. The van der Waals surface area contributed by atoms with E-state index in [9.17, 15) is 19.5 Å². The maximum atomic E-state index is 13.2. The van der Waals surface area contributed by atoms with Crippen molar-refractivity contribution in [3.05, 3.63) is 60.2 Å². The van der Waals surface area contributed by atoms with Crippen LogP contribution >= 0.6 is 0 Å². The molecule has 42 heavy (non-hydrogen) atoms. The van der Waals surface area contributed by atoms with Crippen LogP contribution in [0.2, 0.25) is 0 Å². The molecule has 8 nitrogen and oxygen atoms in total. The van der Waals surface area contributed by atoms with Crippen LogP contribution in [0, 0.1) is 11.8 Å². The highest BCUT2D eigenvalue weighted by Gasteiger charge is 2.34. The number of morpholine rings is 1. The molecule has 1 heterocycles. The molecule has 8 heteroatoms. The highest BCUT2D eigenvalue weighted by Crippen LogP contribution is 2.27. The number of aryl methyl sites for hydroxylation is 1. The summed E-state index contributed by atoms with van der Waals surface area (Å²) in [6.45, 7) is 4.73. The van der Waals surface area contributed by atoms with Crippen molar-refractivity contribution >= 4 is 17.8 Å². The minimum atomic E-state index is -1.16. The highest BCUT2D eigenvalue weighted by molar-refractivity contribution is 5.99. The molecular formula is C34H47N3O5. The molecule has 1 aliphatic heterocycles. The monoisotopic (exact) mass is 577 g/mol. The molecule has 3 N–H and O–H groups in total. The van der Waals surface area contributed by atoms with Crippen molar-refractivity contribution in [1.29, 1.82) is 0 Å². The first-order valence-electron chi connectivity index (χ1n) is 15.8. The molecule has 1 saturated carbocycles. The molecule has 2 aromatic carbocycles.